The van der Waals surface area contributed by atoms with E-state index in [1.54, 1.807) is 18.2 Å². The maximum absolute atomic E-state index is 12.3. The van der Waals surface area contributed by atoms with Gasteiger partial charge in [-0.25, -0.2) is 4.98 Å². The lowest BCUT2D eigenvalue weighted by Gasteiger charge is -2.29. The highest BCUT2D eigenvalue weighted by Crippen LogP contribution is 2.16. The molecule has 1 saturated heterocycles. The lowest BCUT2D eigenvalue weighted by atomic mass is 9.99. The van der Waals surface area contributed by atoms with E-state index in [9.17, 15) is 4.79 Å². The minimum absolute atomic E-state index is 0.0950. The fourth-order valence-corrected chi connectivity index (χ4v) is 3.61. The van der Waals surface area contributed by atoms with E-state index in [0.717, 1.165) is 32.6 Å². The van der Waals surface area contributed by atoms with Crippen LogP contribution >= 0.6 is 11.6 Å². The van der Waals surface area contributed by atoms with E-state index in [0.29, 0.717) is 34.2 Å². The van der Waals surface area contributed by atoms with Crippen molar-refractivity contribution in [3.63, 3.8) is 0 Å². The molecule has 1 atom stereocenters. The summed E-state index contributed by atoms with van der Waals surface area (Å²) in [7, 11) is 0. The number of hydrogen-bond donors (Lipinski definition) is 2. The van der Waals surface area contributed by atoms with Crippen LogP contribution in [0.25, 0.3) is 10.9 Å². The molecule has 6 heteroatoms. The van der Waals surface area contributed by atoms with Crippen LogP contribution in [0.4, 0.5) is 0 Å². The lowest BCUT2D eigenvalue weighted by molar-refractivity contribution is 0.197. The molecule has 0 saturated carbocycles. The molecule has 0 radical (unpaired) electrons. The second-order valence-corrected chi connectivity index (χ2v) is 7.06. The predicted molar refractivity (Wildman–Crippen MR) is 98.5 cm³/mol. The number of aromatic amines is 1. The third kappa shape index (κ3) is 4.35. The van der Waals surface area contributed by atoms with Gasteiger partial charge in [0.1, 0.15) is 5.82 Å². The maximum atomic E-state index is 12.3. The van der Waals surface area contributed by atoms with Crippen LogP contribution in [-0.2, 0) is 6.54 Å². The average Bonchev–Trinajstić information content (AvgIpc) is 2.55. The summed E-state index contributed by atoms with van der Waals surface area (Å²) >= 11 is 6.04. The molecular weight excluding hydrogens is 324 g/mol. The third-order valence-electron chi connectivity index (χ3n) is 4.55. The van der Waals surface area contributed by atoms with Crippen molar-refractivity contribution in [2.45, 2.75) is 32.7 Å². The summed E-state index contributed by atoms with van der Waals surface area (Å²) < 4.78 is 0. The Morgan fingerprint density at radius 2 is 2.29 bits per heavy atom. The Balaban J connectivity index is 1.78. The SMILES string of the molecule is CCCN(Cc1nc2cc(Cl)ccc2c(=O)[nH]1)CC1CCCNC1. The van der Waals surface area contributed by atoms with Crippen LogP contribution in [0.15, 0.2) is 23.0 Å². The van der Waals surface area contributed by atoms with E-state index < -0.39 is 0 Å². The number of halogens is 1. The van der Waals surface area contributed by atoms with Gasteiger partial charge in [-0.2, -0.15) is 0 Å². The van der Waals surface area contributed by atoms with Crippen LogP contribution < -0.4 is 10.9 Å². The molecule has 1 aliphatic rings. The summed E-state index contributed by atoms with van der Waals surface area (Å²) in [6.07, 6.45) is 3.60. The van der Waals surface area contributed by atoms with E-state index in [-0.39, 0.29) is 5.56 Å². The smallest absolute Gasteiger partial charge is 0.258 e. The molecule has 2 N–H and O–H groups in total. The van der Waals surface area contributed by atoms with Gasteiger partial charge in [0.05, 0.1) is 17.4 Å². The standard InChI is InChI=1S/C18H25ClN4O/c1-2-8-23(11-13-4-3-7-20-10-13)12-17-21-16-9-14(19)5-6-15(16)18(24)22-17/h5-6,9,13,20H,2-4,7-8,10-12H2,1H3,(H,21,22,24). The zero-order valence-electron chi connectivity index (χ0n) is 14.1. The Bertz CT molecular complexity index is 739. The normalized spacial score (nSPS) is 18.4. The Morgan fingerprint density at radius 1 is 1.42 bits per heavy atom. The zero-order chi connectivity index (χ0) is 16.9. The first-order chi connectivity index (χ1) is 11.7. The van der Waals surface area contributed by atoms with Crippen molar-refractivity contribution >= 4 is 22.5 Å². The van der Waals surface area contributed by atoms with Crippen molar-refractivity contribution in [3.8, 4) is 0 Å². The van der Waals surface area contributed by atoms with Crippen molar-refractivity contribution in [3.05, 3.63) is 39.4 Å². The predicted octanol–water partition coefficient (Wildman–Crippen LogP) is 2.79. The molecule has 1 unspecified atom stereocenters. The van der Waals surface area contributed by atoms with Crippen LogP contribution in [-0.4, -0.2) is 41.0 Å². The number of hydrogen-bond acceptors (Lipinski definition) is 4. The minimum Gasteiger partial charge on any atom is -0.316 e. The molecule has 1 aromatic heterocycles. The van der Waals surface area contributed by atoms with Crippen LogP contribution in [0.2, 0.25) is 5.02 Å². The average molecular weight is 349 g/mol. The van der Waals surface area contributed by atoms with E-state index in [1.165, 1.54) is 12.8 Å². The summed E-state index contributed by atoms with van der Waals surface area (Å²) in [6.45, 7) is 7.11. The van der Waals surface area contributed by atoms with E-state index >= 15 is 0 Å². The van der Waals surface area contributed by atoms with Crippen LogP contribution in [0.1, 0.15) is 32.0 Å². The molecule has 1 aliphatic heterocycles. The monoisotopic (exact) mass is 348 g/mol. The van der Waals surface area contributed by atoms with Crippen molar-refractivity contribution in [2.24, 2.45) is 5.92 Å². The number of benzene rings is 1. The number of H-pyrrole nitrogens is 1. The number of nitrogens with one attached hydrogen (secondary N) is 2. The minimum atomic E-state index is -0.0950. The van der Waals surface area contributed by atoms with Crippen molar-refractivity contribution in [1.82, 2.24) is 20.2 Å². The number of nitrogens with zero attached hydrogens (tertiary/aromatic N) is 2. The van der Waals surface area contributed by atoms with Gasteiger partial charge in [-0.1, -0.05) is 18.5 Å². The van der Waals surface area contributed by atoms with Crippen LogP contribution in [0.5, 0.6) is 0 Å². The van der Waals surface area contributed by atoms with Crippen molar-refractivity contribution in [1.29, 1.82) is 0 Å². The van der Waals surface area contributed by atoms with Gasteiger partial charge in [0.25, 0.3) is 5.56 Å². The summed E-state index contributed by atoms with van der Waals surface area (Å²) in [6, 6.07) is 5.20. The molecule has 130 valence electrons. The van der Waals surface area contributed by atoms with Gasteiger partial charge < -0.3 is 10.3 Å². The topological polar surface area (TPSA) is 61.0 Å². The molecule has 24 heavy (non-hydrogen) atoms. The van der Waals surface area contributed by atoms with Crippen molar-refractivity contribution in [2.75, 3.05) is 26.2 Å². The molecule has 3 rings (SSSR count). The second kappa shape index (κ2) is 8.10. The quantitative estimate of drug-likeness (QED) is 0.842. The van der Waals surface area contributed by atoms with Gasteiger partial charge in [-0.05, 0) is 63.0 Å². The Labute approximate surface area is 147 Å². The van der Waals surface area contributed by atoms with Gasteiger partial charge in [0.2, 0.25) is 0 Å². The first kappa shape index (κ1) is 17.4. The third-order valence-corrected chi connectivity index (χ3v) is 4.78. The number of fused-ring (bicyclic) bond motifs is 1. The Kier molecular flexibility index (Phi) is 5.87. The molecule has 0 aliphatic carbocycles. The highest BCUT2D eigenvalue weighted by atomic mass is 35.5. The maximum Gasteiger partial charge on any atom is 0.258 e. The summed E-state index contributed by atoms with van der Waals surface area (Å²) in [5.74, 6) is 1.39. The first-order valence-corrected chi connectivity index (χ1v) is 9.15. The number of rotatable bonds is 6. The molecule has 0 bridgehead atoms. The highest BCUT2D eigenvalue weighted by molar-refractivity contribution is 6.31. The van der Waals surface area contributed by atoms with Gasteiger partial charge in [0, 0.05) is 11.6 Å². The highest BCUT2D eigenvalue weighted by Gasteiger charge is 2.17. The van der Waals surface area contributed by atoms with Gasteiger partial charge >= 0.3 is 0 Å². The molecule has 5 nitrogen and oxygen atoms in total. The molecule has 0 spiro atoms. The van der Waals surface area contributed by atoms with Crippen molar-refractivity contribution < 1.29 is 0 Å². The Morgan fingerprint density at radius 3 is 3.04 bits per heavy atom. The summed E-state index contributed by atoms with van der Waals surface area (Å²) in [5.41, 5.74) is 0.569. The first-order valence-electron chi connectivity index (χ1n) is 8.77. The second-order valence-electron chi connectivity index (χ2n) is 6.62. The van der Waals surface area contributed by atoms with Crippen LogP contribution in [0.3, 0.4) is 0 Å². The number of piperidine rings is 1. The summed E-state index contributed by atoms with van der Waals surface area (Å²) in [5, 5.41) is 4.66. The molecule has 1 fully saturated rings. The summed E-state index contributed by atoms with van der Waals surface area (Å²) in [4.78, 5) is 22.2. The number of aromatic nitrogens is 2. The van der Waals surface area contributed by atoms with Gasteiger partial charge in [-0.15, -0.1) is 0 Å². The molecular formula is C18H25ClN4O. The lowest BCUT2D eigenvalue weighted by Crippen LogP contribution is -2.38. The largest absolute Gasteiger partial charge is 0.316 e. The van der Waals surface area contributed by atoms with Gasteiger partial charge in [-0.3, -0.25) is 9.69 Å². The van der Waals surface area contributed by atoms with E-state index in [2.05, 4.69) is 27.1 Å². The molecule has 2 heterocycles. The molecule has 1 aromatic carbocycles. The van der Waals surface area contributed by atoms with Crippen LogP contribution in [0, 0.1) is 5.92 Å². The van der Waals surface area contributed by atoms with E-state index in [1.807, 2.05) is 0 Å². The molecule has 2 aromatic rings. The Hall–Kier alpha value is -1.43. The fraction of sp³-hybridized carbons (Fsp3) is 0.556. The zero-order valence-corrected chi connectivity index (χ0v) is 14.9. The van der Waals surface area contributed by atoms with E-state index in [4.69, 9.17) is 11.6 Å². The fourth-order valence-electron chi connectivity index (χ4n) is 3.44. The molecule has 0 amide bonds. The van der Waals surface area contributed by atoms with Gasteiger partial charge in [0.15, 0.2) is 0 Å².